The van der Waals surface area contributed by atoms with Gasteiger partial charge in [-0.2, -0.15) is 0 Å². The van der Waals surface area contributed by atoms with E-state index in [1.54, 1.807) is 0 Å². The Bertz CT molecular complexity index is 414. The fourth-order valence-electron chi connectivity index (χ4n) is 1.68. The summed E-state index contributed by atoms with van der Waals surface area (Å²) in [5.74, 6) is -0.239. The van der Waals surface area contributed by atoms with Crippen LogP contribution in [0.25, 0.3) is 0 Å². The number of aryl methyl sites for hydroxylation is 1. The van der Waals surface area contributed by atoms with E-state index >= 15 is 0 Å². The van der Waals surface area contributed by atoms with Crippen LogP contribution in [0.5, 0.6) is 0 Å². The molecule has 0 fully saturated rings. The minimum atomic E-state index is -0.239. The van der Waals surface area contributed by atoms with Gasteiger partial charge in [-0.15, -0.1) is 0 Å². The zero-order valence-corrected chi connectivity index (χ0v) is 11.8. The molecular formula is C14H22N2O2. The zero-order chi connectivity index (χ0) is 13.7. The Hall–Kier alpha value is -1.71. The highest BCUT2D eigenvalue weighted by atomic mass is 16.5. The number of nitrogens with one attached hydrogen (secondary N) is 1. The summed E-state index contributed by atoms with van der Waals surface area (Å²) in [5.41, 5.74) is 3.26. The summed E-state index contributed by atoms with van der Waals surface area (Å²) in [4.78, 5) is 13.5. The van der Waals surface area contributed by atoms with E-state index in [1.807, 2.05) is 51.0 Å². The molecule has 1 aromatic rings. The van der Waals surface area contributed by atoms with Gasteiger partial charge in [0, 0.05) is 25.5 Å². The van der Waals surface area contributed by atoms with Crippen LogP contribution in [0.2, 0.25) is 0 Å². The summed E-state index contributed by atoms with van der Waals surface area (Å²) in [6, 6.07) is 6.02. The van der Waals surface area contributed by atoms with Gasteiger partial charge in [0.05, 0.1) is 6.10 Å². The molecule has 1 aromatic carbocycles. The summed E-state index contributed by atoms with van der Waals surface area (Å²) in [6.07, 6.45) is -0.0744. The average Bonchev–Trinajstić information content (AvgIpc) is 2.26. The Kier molecular flexibility index (Phi) is 5.01. The predicted octanol–water partition coefficient (Wildman–Crippen LogP) is 2.42. The number of anilines is 2. The maximum absolute atomic E-state index is 11.4. The Morgan fingerprint density at radius 2 is 2.06 bits per heavy atom. The predicted molar refractivity (Wildman–Crippen MR) is 75.2 cm³/mol. The fourth-order valence-corrected chi connectivity index (χ4v) is 1.68. The first-order chi connectivity index (χ1) is 8.40. The van der Waals surface area contributed by atoms with Gasteiger partial charge in [0.15, 0.2) is 0 Å². The molecular weight excluding hydrogens is 228 g/mol. The Morgan fingerprint density at radius 1 is 1.39 bits per heavy atom. The van der Waals surface area contributed by atoms with E-state index in [0.29, 0.717) is 0 Å². The van der Waals surface area contributed by atoms with Crippen molar-refractivity contribution in [3.63, 3.8) is 0 Å². The van der Waals surface area contributed by atoms with Crippen molar-refractivity contribution in [1.29, 1.82) is 0 Å². The van der Waals surface area contributed by atoms with E-state index in [4.69, 9.17) is 4.74 Å². The first-order valence-corrected chi connectivity index (χ1v) is 6.11. The van der Waals surface area contributed by atoms with Crippen molar-refractivity contribution in [3.05, 3.63) is 23.8 Å². The molecule has 0 radical (unpaired) electrons. The number of hydrogen-bond donors (Lipinski definition) is 1. The Labute approximate surface area is 109 Å². The number of nitrogens with zero attached hydrogens (tertiary/aromatic N) is 1. The van der Waals surface area contributed by atoms with E-state index in [2.05, 4.69) is 12.2 Å². The largest absolute Gasteiger partial charge is 0.462 e. The summed E-state index contributed by atoms with van der Waals surface area (Å²) < 4.78 is 5.06. The van der Waals surface area contributed by atoms with Crippen molar-refractivity contribution in [3.8, 4) is 0 Å². The number of benzene rings is 1. The molecule has 0 bridgehead atoms. The van der Waals surface area contributed by atoms with Crippen LogP contribution < -0.4 is 10.2 Å². The monoisotopic (exact) mass is 250 g/mol. The van der Waals surface area contributed by atoms with Gasteiger partial charge < -0.3 is 15.0 Å². The first kappa shape index (κ1) is 14.4. The van der Waals surface area contributed by atoms with Crippen LogP contribution in [0.4, 0.5) is 11.4 Å². The number of carbonyl (C=O) groups excluding carboxylic acids is 1. The molecule has 4 heteroatoms. The van der Waals surface area contributed by atoms with Gasteiger partial charge in [-0.3, -0.25) is 4.79 Å². The Morgan fingerprint density at radius 3 is 2.61 bits per heavy atom. The molecule has 0 saturated heterocycles. The van der Waals surface area contributed by atoms with E-state index in [1.165, 1.54) is 5.56 Å². The highest BCUT2D eigenvalue weighted by molar-refractivity contribution is 5.75. The van der Waals surface area contributed by atoms with Gasteiger partial charge in [0.25, 0.3) is 0 Å². The second-order valence-electron chi connectivity index (χ2n) is 4.79. The van der Waals surface area contributed by atoms with Gasteiger partial charge in [0.2, 0.25) is 0 Å². The van der Waals surface area contributed by atoms with Crippen LogP contribution in [0.1, 0.15) is 19.4 Å². The lowest BCUT2D eigenvalue weighted by molar-refractivity contribution is -0.145. The molecule has 100 valence electrons. The number of rotatable bonds is 5. The average molecular weight is 250 g/mol. The van der Waals surface area contributed by atoms with Crippen molar-refractivity contribution < 1.29 is 9.53 Å². The van der Waals surface area contributed by atoms with Crippen LogP contribution in [-0.4, -0.2) is 32.7 Å². The van der Waals surface area contributed by atoms with Gasteiger partial charge in [-0.25, -0.2) is 0 Å². The van der Waals surface area contributed by atoms with Crippen molar-refractivity contribution in [2.24, 2.45) is 0 Å². The third-order valence-electron chi connectivity index (χ3n) is 2.49. The smallest absolute Gasteiger partial charge is 0.325 e. The maximum atomic E-state index is 11.4. The van der Waals surface area contributed by atoms with Crippen LogP contribution >= 0.6 is 0 Å². The van der Waals surface area contributed by atoms with Crippen LogP contribution in [-0.2, 0) is 9.53 Å². The molecule has 4 nitrogen and oxygen atoms in total. The van der Waals surface area contributed by atoms with Crippen LogP contribution in [0, 0.1) is 6.92 Å². The van der Waals surface area contributed by atoms with E-state index in [-0.39, 0.29) is 18.6 Å². The molecule has 0 atom stereocenters. The van der Waals surface area contributed by atoms with Gasteiger partial charge in [-0.1, -0.05) is 6.07 Å². The molecule has 0 amide bonds. The lowest BCUT2D eigenvalue weighted by atomic mass is 10.1. The molecule has 0 unspecified atom stereocenters. The molecule has 0 heterocycles. The van der Waals surface area contributed by atoms with Crippen LogP contribution in [0.15, 0.2) is 18.2 Å². The topological polar surface area (TPSA) is 41.6 Å². The van der Waals surface area contributed by atoms with E-state index in [0.717, 1.165) is 11.4 Å². The van der Waals surface area contributed by atoms with E-state index in [9.17, 15) is 4.79 Å². The molecule has 0 aliphatic heterocycles. The number of esters is 1. The SMILES string of the molecule is Cc1ccc(NCC(=O)OC(C)C)cc1N(C)C. The molecule has 1 N–H and O–H groups in total. The summed E-state index contributed by atoms with van der Waals surface area (Å²) in [5, 5.41) is 3.07. The molecule has 0 saturated carbocycles. The number of ether oxygens (including phenoxy) is 1. The highest BCUT2D eigenvalue weighted by Crippen LogP contribution is 2.22. The van der Waals surface area contributed by atoms with Gasteiger partial charge in [-0.05, 0) is 38.5 Å². The quantitative estimate of drug-likeness (QED) is 0.815. The maximum Gasteiger partial charge on any atom is 0.325 e. The lowest BCUT2D eigenvalue weighted by Gasteiger charge is -2.17. The van der Waals surface area contributed by atoms with Gasteiger partial charge >= 0.3 is 5.97 Å². The Balaban J connectivity index is 2.63. The van der Waals surface area contributed by atoms with Crippen molar-refractivity contribution in [1.82, 2.24) is 0 Å². The normalized spacial score (nSPS) is 10.3. The van der Waals surface area contributed by atoms with Crippen molar-refractivity contribution >= 4 is 17.3 Å². The molecule has 18 heavy (non-hydrogen) atoms. The molecule has 1 rings (SSSR count). The summed E-state index contributed by atoms with van der Waals surface area (Å²) in [7, 11) is 4.00. The van der Waals surface area contributed by atoms with Crippen molar-refractivity contribution in [2.45, 2.75) is 26.9 Å². The number of carbonyl (C=O) groups is 1. The minimum Gasteiger partial charge on any atom is -0.462 e. The molecule has 0 aromatic heterocycles. The standard InChI is InChI=1S/C14H22N2O2/c1-10(2)18-14(17)9-15-12-7-6-11(3)13(8-12)16(4)5/h6-8,10,15H,9H2,1-5H3. The zero-order valence-electron chi connectivity index (χ0n) is 11.8. The second-order valence-corrected chi connectivity index (χ2v) is 4.79. The minimum absolute atomic E-state index is 0.0744. The van der Waals surface area contributed by atoms with Crippen LogP contribution in [0.3, 0.4) is 0 Å². The highest BCUT2D eigenvalue weighted by Gasteiger charge is 2.06. The third kappa shape index (κ3) is 4.28. The molecule has 0 aliphatic carbocycles. The van der Waals surface area contributed by atoms with Gasteiger partial charge in [0.1, 0.15) is 6.54 Å². The van der Waals surface area contributed by atoms with E-state index < -0.39 is 0 Å². The third-order valence-corrected chi connectivity index (χ3v) is 2.49. The summed E-state index contributed by atoms with van der Waals surface area (Å²) >= 11 is 0. The van der Waals surface area contributed by atoms with Crippen molar-refractivity contribution in [2.75, 3.05) is 30.9 Å². The second kappa shape index (κ2) is 6.28. The summed E-state index contributed by atoms with van der Waals surface area (Å²) in [6.45, 7) is 5.93. The first-order valence-electron chi connectivity index (χ1n) is 6.11. The molecule has 0 aliphatic rings. The lowest BCUT2D eigenvalue weighted by Crippen LogP contribution is -2.20. The number of hydrogen-bond acceptors (Lipinski definition) is 4. The molecule has 0 spiro atoms. The fraction of sp³-hybridized carbons (Fsp3) is 0.500.